The van der Waals surface area contributed by atoms with Crippen molar-refractivity contribution in [1.82, 2.24) is 14.7 Å². The fourth-order valence-electron chi connectivity index (χ4n) is 2.84. The third-order valence-electron chi connectivity index (χ3n) is 3.93. The van der Waals surface area contributed by atoms with Gasteiger partial charge in [-0.25, -0.2) is 0 Å². The molecule has 0 atom stereocenters. The molecule has 1 saturated carbocycles. The average Bonchev–Trinajstić information content (AvgIpc) is 2.58. The molecule has 0 amide bonds. The van der Waals surface area contributed by atoms with Crippen LogP contribution >= 0.6 is 11.6 Å². The van der Waals surface area contributed by atoms with Crippen molar-refractivity contribution in [2.45, 2.75) is 50.7 Å². The molecule has 1 aliphatic carbocycles. The monoisotopic (exact) mass is 285 g/mol. The highest BCUT2D eigenvalue weighted by Crippen LogP contribution is 2.39. The van der Waals surface area contributed by atoms with Crippen molar-refractivity contribution in [3.8, 4) is 0 Å². The molecule has 0 aromatic carbocycles. The molecular formula is C14H24ClN3O. The molecule has 4 nitrogen and oxygen atoms in total. The van der Waals surface area contributed by atoms with Gasteiger partial charge in [0.1, 0.15) is 5.60 Å². The molecule has 0 unspecified atom stereocenters. The Morgan fingerprint density at radius 2 is 1.95 bits per heavy atom. The summed E-state index contributed by atoms with van der Waals surface area (Å²) in [6, 6.07) is 0. The van der Waals surface area contributed by atoms with Gasteiger partial charge in [-0.1, -0.05) is 37.3 Å². The van der Waals surface area contributed by atoms with Gasteiger partial charge in [-0.05, 0) is 26.9 Å². The first-order valence-corrected chi connectivity index (χ1v) is 7.50. The molecule has 1 aliphatic rings. The lowest BCUT2D eigenvalue weighted by Crippen LogP contribution is -2.30. The summed E-state index contributed by atoms with van der Waals surface area (Å²) >= 11 is 6.28. The zero-order chi connectivity index (χ0) is 13.9. The first-order chi connectivity index (χ1) is 9.03. The Hall–Kier alpha value is -0.580. The number of hydrogen-bond donors (Lipinski definition) is 1. The van der Waals surface area contributed by atoms with E-state index in [4.69, 9.17) is 11.6 Å². The molecule has 0 spiro atoms. The van der Waals surface area contributed by atoms with E-state index in [-0.39, 0.29) is 0 Å². The second-order valence-electron chi connectivity index (χ2n) is 5.81. The first kappa shape index (κ1) is 14.8. The SMILES string of the molecule is CN(C)CCn1ncc(Cl)c1C1(O)CCCCCC1. The van der Waals surface area contributed by atoms with Gasteiger partial charge in [0.15, 0.2) is 0 Å². The third-order valence-corrected chi connectivity index (χ3v) is 4.20. The molecule has 2 rings (SSSR count). The van der Waals surface area contributed by atoms with Gasteiger partial charge in [-0.3, -0.25) is 4.68 Å². The number of aliphatic hydroxyl groups is 1. The van der Waals surface area contributed by atoms with Gasteiger partial charge in [0.2, 0.25) is 0 Å². The van der Waals surface area contributed by atoms with Gasteiger partial charge in [0.05, 0.1) is 23.5 Å². The lowest BCUT2D eigenvalue weighted by Gasteiger charge is -2.28. The normalized spacial score (nSPS) is 19.6. The predicted octanol–water partition coefficient (Wildman–Crippen LogP) is 2.64. The summed E-state index contributed by atoms with van der Waals surface area (Å²) in [5.74, 6) is 0. The van der Waals surface area contributed by atoms with Crippen molar-refractivity contribution < 1.29 is 5.11 Å². The lowest BCUT2D eigenvalue weighted by molar-refractivity contribution is 0.0116. The molecule has 19 heavy (non-hydrogen) atoms. The summed E-state index contributed by atoms with van der Waals surface area (Å²) < 4.78 is 1.88. The summed E-state index contributed by atoms with van der Waals surface area (Å²) in [6.07, 6.45) is 7.77. The standard InChI is InChI=1S/C14H24ClN3O/c1-17(2)9-10-18-13(12(15)11-16-18)14(19)7-5-3-4-6-8-14/h11,19H,3-10H2,1-2H3. The quantitative estimate of drug-likeness (QED) is 0.865. The van der Waals surface area contributed by atoms with Gasteiger partial charge >= 0.3 is 0 Å². The van der Waals surface area contributed by atoms with Crippen LogP contribution in [0.2, 0.25) is 5.02 Å². The zero-order valence-corrected chi connectivity index (χ0v) is 12.7. The number of aromatic nitrogens is 2. The van der Waals surface area contributed by atoms with Gasteiger partial charge < -0.3 is 10.0 Å². The Labute approximate surface area is 120 Å². The summed E-state index contributed by atoms with van der Waals surface area (Å²) in [5, 5.41) is 15.9. The molecule has 0 saturated heterocycles. The highest BCUT2D eigenvalue weighted by molar-refractivity contribution is 6.31. The highest BCUT2D eigenvalue weighted by Gasteiger charge is 2.35. The summed E-state index contributed by atoms with van der Waals surface area (Å²) in [7, 11) is 4.07. The van der Waals surface area contributed by atoms with E-state index in [9.17, 15) is 5.11 Å². The van der Waals surface area contributed by atoms with Gasteiger partial charge in [-0.2, -0.15) is 5.10 Å². The fourth-order valence-corrected chi connectivity index (χ4v) is 3.16. The molecule has 108 valence electrons. The van der Waals surface area contributed by atoms with E-state index in [1.807, 2.05) is 18.8 Å². The lowest BCUT2D eigenvalue weighted by atomic mass is 9.90. The number of hydrogen-bond acceptors (Lipinski definition) is 3. The van der Waals surface area contributed by atoms with Crippen LogP contribution in [0, 0.1) is 0 Å². The minimum Gasteiger partial charge on any atom is -0.384 e. The Morgan fingerprint density at radius 1 is 1.32 bits per heavy atom. The first-order valence-electron chi connectivity index (χ1n) is 7.12. The smallest absolute Gasteiger partial charge is 0.108 e. The maximum absolute atomic E-state index is 11.0. The predicted molar refractivity (Wildman–Crippen MR) is 77.4 cm³/mol. The third kappa shape index (κ3) is 3.50. The maximum atomic E-state index is 11.0. The molecule has 1 fully saturated rings. The van der Waals surface area contributed by atoms with E-state index in [1.54, 1.807) is 6.20 Å². The van der Waals surface area contributed by atoms with E-state index >= 15 is 0 Å². The van der Waals surface area contributed by atoms with E-state index in [0.29, 0.717) is 5.02 Å². The Kier molecular flexibility index (Phi) is 4.87. The average molecular weight is 286 g/mol. The molecule has 0 bridgehead atoms. The number of likely N-dealkylation sites (N-methyl/N-ethyl adjacent to an activating group) is 1. The number of halogens is 1. The fraction of sp³-hybridized carbons (Fsp3) is 0.786. The van der Waals surface area contributed by atoms with Gasteiger partial charge in [0, 0.05) is 6.54 Å². The van der Waals surface area contributed by atoms with Gasteiger partial charge in [-0.15, -0.1) is 0 Å². The van der Waals surface area contributed by atoms with Crippen molar-refractivity contribution in [1.29, 1.82) is 0 Å². The summed E-state index contributed by atoms with van der Waals surface area (Å²) in [5.41, 5.74) is 0.0223. The molecule has 1 heterocycles. The molecular weight excluding hydrogens is 262 g/mol. The van der Waals surface area contributed by atoms with Crippen molar-refractivity contribution in [2.24, 2.45) is 0 Å². The minimum absolute atomic E-state index is 0.600. The van der Waals surface area contributed by atoms with Crippen LogP contribution in [0.1, 0.15) is 44.2 Å². The minimum atomic E-state index is -0.795. The highest BCUT2D eigenvalue weighted by atomic mass is 35.5. The van der Waals surface area contributed by atoms with Crippen molar-refractivity contribution in [3.05, 3.63) is 16.9 Å². The van der Waals surface area contributed by atoms with Crippen molar-refractivity contribution in [2.75, 3.05) is 20.6 Å². The van der Waals surface area contributed by atoms with Crippen LogP contribution in [0.4, 0.5) is 0 Å². The van der Waals surface area contributed by atoms with Crippen molar-refractivity contribution in [3.63, 3.8) is 0 Å². The second-order valence-corrected chi connectivity index (χ2v) is 6.22. The van der Waals surface area contributed by atoms with Crippen LogP contribution in [-0.4, -0.2) is 40.4 Å². The van der Waals surface area contributed by atoms with E-state index < -0.39 is 5.60 Å². The Balaban J connectivity index is 2.23. The maximum Gasteiger partial charge on any atom is 0.108 e. The Morgan fingerprint density at radius 3 is 2.53 bits per heavy atom. The summed E-state index contributed by atoms with van der Waals surface area (Å²) in [6.45, 7) is 1.65. The molecule has 1 N–H and O–H groups in total. The van der Waals surface area contributed by atoms with Crippen LogP contribution in [-0.2, 0) is 12.1 Å². The van der Waals surface area contributed by atoms with Crippen LogP contribution in [0.25, 0.3) is 0 Å². The van der Waals surface area contributed by atoms with Crippen LogP contribution in [0.5, 0.6) is 0 Å². The zero-order valence-electron chi connectivity index (χ0n) is 11.9. The van der Waals surface area contributed by atoms with E-state index in [1.165, 1.54) is 12.8 Å². The number of nitrogens with zero attached hydrogens (tertiary/aromatic N) is 3. The van der Waals surface area contributed by atoms with Crippen LogP contribution in [0.15, 0.2) is 6.20 Å². The largest absolute Gasteiger partial charge is 0.384 e. The molecule has 1 aromatic heterocycles. The van der Waals surface area contributed by atoms with E-state index in [2.05, 4.69) is 10.00 Å². The molecule has 0 radical (unpaired) electrons. The van der Waals surface area contributed by atoms with Crippen molar-refractivity contribution >= 4 is 11.6 Å². The van der Waals surface area contributed by atoms with Crippen LogP contribution in [0.3, 0.4) is 0 Å². The van der Waals surface area contributed by atoms with Crippen LogP contribution < -0.4 is 0 Å². The molecule has 0 aliphatic heterocycles. The van der Waals surface area contributed by atoms with E-state index in [0.717, 1.165) is 44.5 Å². The Bertz CT molecular complexity index is 409. The summed E-state index contributed by atoms with van der Waals surface area (Å²) in [4.78, 5) is 2.11. The topological polar surface area (TPSA) is 41.3 Å². The second kappa shape index (κ2) is 6.25. The number of rotatable bonds is 4. The molecule has 5 heteroatoms. The molecule has 1 aromatic rings. The van der Waals surface area contributed by atoms with Gasteiger partial charge in [0.25, 0.3) is 0 Å².